The molecule has 0 radical (unpaired) electrons. The smallest absolute Gasteiger partial charge is 0.311 e. The number of amides is 2. The van der Waals surface area contributed by atoms with Crippen LogP contribution < -0.4 is 10.6 Å². The third-order valence-electron chi connectivity index (χ3n) is 3.06. The van der Waals surface area contributed by atoms with Crippen molar-refractivity contribution in [3.63, 3.8) is 0 Å². The Labute approximate surface area is 121 Å². The lowest BCUT2D eigenvalue weighted by molar-refractivity contribution is -0.147. The number of nitrogens with one attached hydrogen (secondary N) is 2. The van der Waals surface area contributed by atoms with Gasteiger partial charge >= 0.3 is 5.97 Å². The molecule has 6 nitrogen and oxygen atoms in total. The molecular weight excluding hydrogens is 280 g/mol. The maximum atomic E-state index is 11.9. The van der Waals surface area contributed by atoms with Gasteiger partial charge in [0, 0.05) is 13.5 Å². The molecule has 7 heteroatoms. The van der Waals surface area contributed by atoms with Crippen LogP contribution in [0.3, 0.4) is 0 Å². The van der Waals surface area contributed by atoms with Gasteiger partial charge in [0.15, 0.2) is 0 Å². The zero-order valence-electron chi connectivity index (χ0n) is 11.6. The minimum absolute atomic E-state index is 0.0606. The number of hydrogen-bond donors (Lipinski definition) is 3. The van der Waals surface area contributed by atoms with Crippen LogP contribution in [0, 0.1) is 5.41 Å². The van der Waals surface area contributed by atoms with Gasteiger partial charge < -0.3 is 15.7 Å². The quantitative estimate of drug-likeness (QED) is 0.748. The van der Waals surface area contributed by atoms with Crippen LogP contribution in [0.15, 0.2) is 12.1 Å². The fourth-order valence-corrected chi connectivity index (χ4v) is 2.28. The highest BCUT2D eigenvalue weighted by atomic mass is 32.1. The molecule has 1 aromatic rings. The third kappa shape index (κ3) is 4.06. The number of anilines is 1. The Morgan fingerprint density at radius 1 is 1.35 bits per heavy atom. The molecule has 1 rings (SSSR count). The molecule has 110 valence electrons. The monoisotopic (exact) mass is 298 g/mol. The van der Waals surface area contributed by atoms with Crippen molar-refractivity contribution in [1.29, 1.82) is 0 Å². The van der Waals surface area contributed by atoms with E-state index in [0.29, 0.717) is 16.3 Å². The molecule has 0 saturated carbocycles. The lowest BCUT2D eigenvalue weighted by Crippen LogP contribution is -2.40. The predicted molar refractivity (Wildman–Crippen MR) is 77.0 cm³/mol. The minimum atomic E-state index is -0.979. The highest BCUT2D eigenvalue weighted by molar-refractivity contribution is 7.18. The Bertz CT molecular complexity index is 526. The van der Waals surface area contributed by atoms with Crippen LogP contribution >= 0.6 is 11.3 Å². The van der Waals surface area contributed by atoms with Crippen LogP contribution in [0.1, 0.15) is 36.9 Å². The molecule has 0 aliphatic rings. The Morgan fingerprint density at radius 2 is 2.00 bits per heavy atom. The normalized spacial score (nSPS) is 13.3. The molecule has 0 aliphatic heterocycles. The summed E-state index contributed by atoms with van der Waals surface area (Å²) in [6, 6.07) is 3.23. The Morgan fingerprint density at radius 3 is 2.50 bits per heavy atom. The minimum Gasteiger partial charge on any atom is -0.481 e. The first kappa shape index (κ1) is 16.2. The summed E-state index contributed by atoms with van der Waals surface area (Å²) in [5.41, 5.74) is -0.979. The first-order valence-corrected chi connectivity index (χ1v) is 6.99. The average Bonchev–Trinajstić information content (AvgIpc) is 2.82. The summed E-state index contributed by atoms with van der Waals surface area (Å²) in [4.78, 5) is 34.4. The molecule has 1 unspecified atom stereocenters. The summed E-state index contributed by atoms with van der Waals surface area (Å²) in [5, 5.41) is 14.9. The van der Waals surface area contributed by atoms with Gasteiger partial charge in [0.2, 0.25) is 5.91 Å². The van der Waals surface area contributed by atoms with Gasteiger partial charge in [-0.2, -0.15) is 0 Å². The molecule has 3 N–H and O–H groups in total. The molecule has 1 atom stereocenters. The maximum Gasteiger partial charge on any atom is 0.311 e. The molecule has 0 aliphatic carbocycles. The zero-order chi connectivity index (χ0) is 15.3. The SMILES string of the molecule is CCC(C)(CNC(=O)c1ccc(NC(C)=O)s1)C(=O)O. The molecule has 2 amide bonds. The van der Waals surface area contributed by atoms with Gasteiger partial charge in [-0.3, -0.25) is 14.4 Å². The molecule has 0 spiro atoms. The summed E-state index contributed by atoms with van der Waals surface area (Å²) in [7, 11) is 0. The zero-order valence-corrected chi connectivity index (χ0v) is 12.5. The second kappa shape index (κ2) is 6.51. The number of thiophene rings is 1. The van der Waals surface area contributed by atoms with E-state index < -0.39 is 11.4 Å². The van der Waals surface area contributed by atoms with Gasteiger partial charge in [-0.05, 0) is 25.5 Å². The maximum absolute atomic E-state index is 11.9. The number of carbonyl (C=O) groups is 3. The summed E-state index contributed by atoms with van der Waals surface area (Å²) in [6.07, 6.45) is 0.421. The third-order valence-corrected chi connectivity index (χ3v) is 4.06. The number of carbonyl (C=O) groups excluding carboxylic acids is 2. The Hall–Kier alpha value is -1.89. The predicted octanol–water partition coefficient (Wildman–Crippen LogP) is 1.94. The van der Waals surface area contributed by atoms with Crippen molar-refractivity contribution in [2.75, 3.05) is 11.9 Å². The lowest BCUT2D eigenvalue weighted by atomic mass is 9.88. The van der Waals surface area contributed by atoms with Gasteiger partial charge in [-0.1, -0.05) is 6.92 Å². The van der Waals surface area contributed by atoms with Crippen molar-refractivity contribution in [3.05, 3.63) is 17.0 Å². The molecule has 1 aromatic heterocycles. The second-order valence-corrected chi connectivity index (χ2v) is 5.83. The number of carboxylic acid groups (broad SMARTS) is 1. The molecule has 0 bridgehead atoms. The molecular formula is C13H18N2O4S. The van der Waals surface area contributed by atoms with Crippen LogP contribution in [-0.2, 0) is 9.59 Å². The van der Waals surface area contributed by atoms with Crippen LogP contribution in [-0.4, -0.2) is 29.4 Å². The summed E-state index contributed by atoms with van der Waals surface area (Å²) >= 11 is 1.14. The van der Waals surface area contributed by atoms with Crippen LogP contribution in [0.4, 0.5) is 5.00 Å². The molecule has 1 heterocycles. The van der Waals surface area contributed by atoms with Crippen molar-refractivity contribution >= 4 is 34.1 Å². The number of rotatable bonds is 6. The van der Waals surface area contributed by atoms with Gasteiger partial charge in [0.05, 0.1) is 15.3 Å². The van der Waals surface area contributed by atoms with Gasteiger partial charge in [0.25, 0.3) is 5.91 Å². The van der Waals surface area contributed by atoms with Crippen molar-refractivity contribution in [2.45, 2.75) is 27.2 Å². The second-order valence-electron chi connectivity index (χ2n) is 4.75. The molecule has 0 fully saturated rings. The van der Waals surface area contributed by atoms with Crippen LogP contribution in [0.25, 0.3) is 0 Å². The average molecular weight is 298 g/mol. The fourth-order valence-electron chi connectivity index (χ4n) is 1.41. The van der Waals surface area contributed by atoms with Gasteiger partial charge in [0.1, 0.15) is 0 Å². The van der Waals surface area contributed by atoms with Crippen molar-refractivity contribution in [1.82, 2.24) is 5.32 Å². The largest absolute Gasteiger partial charge is 0.481 e. The first-order valence-electron chi connectivity index (χ1n) is 6.17. The van der Waals surface area contributed by atoms with E-state index in [-0.39, 0.29) is 18.4 Å². The summed E-state index contributed by atoms with van der Waals surface area (Å²) in [5.74, 6) is -1.49. The van der Waals surface area contributed by atoms with E-state index >= 15 is 0 Å². The van der Waals surface area contributed by atoms with Gasteiger partial charge in [-0.15, -0.1) is 11.3 Å². The van der Waals surface area contributed by atoms with E-state index in [1.807, 2.05) is 0 Å². The summed E-state index contributed by atoms with van der Waals surface area (Å²) in [6.45, 7) is 4.80. The lowest BCUT2D eigenvalue weighted by Gasteiger charge is -2.22. The first-order chi connectivity index (χ1) is 9.28. The fraction of sp³-hybridized carbons (Fsp3) is 0.462. The Kier molecular flexibility index (Phi) is 5.26. The number of hydrogen-bond acceptors (Lipinski definition) is 4. The van der Waals surface area contributed by atoms with E-state index in [1.165, 1.54) is 6.92 Å². The van der Waals surface area contributed by atoms with Crippen molar-refractivity contribution < 1.29 is 19.5 Å². The van der Waals surface area contributed by atoms with Gasteiger partial charge in [-0.25, -0.2) is 0 Å². The van der Waals surface area contributed by atoms with Crippen molar-refractivity contribution in [2.24, 2.45) is 5.41 Å². The number of aliphatic carboxylic acids is 1. The van der Waals surface area contributed by atoms with E-state index in [0.717, 1.165) is 11.3 Å². The van der Waals surface area contributed by atoms with E-state index in [2.05, 4.69) is 10.6 Å². The van der Waals surface area contributed by atoms with E-state index in [9.17, 15) is 14.4 Å². The van der Waals surface area contributed by atoms with E-state index in [4.69, 9.17) is 5.11 Å². The molecule has 0 saturated heterocycles. The standard InChI is InChI=1S/C13H18N2O4S/c1-4-13(3,12(18)19)7-14-11(17)9-5-6-10(20-9)15-8(2)16/h5-6H,4,7H2,1-3H3,(H,14,17)(H,15,16)(H,18,19). The van der Waals surface area contributed by atoms with Crippen molar-refractivity contribution in [3.8, 4) is 0 Å². The highest BCUT2D eigenvalue weighted by Crippen LogP contribution is 2.23. The van der Waals surface area contributed by atoms with Crippen LogP contribution in [0.5, 0.6) is 0 Å². The molecule has 20 heavy (non-hydrogen) atoms. The van der Waals surface area contributed by atoms with Crippen LogP contribution in [0.2, 0.25) is 0 Å². The highest BCUT2D eigenvalue weighted by Gasteiger charge is 2.31. The summed E-state index contributed by atoms with van der Waals surface area (Å²) < 4.78 is 0. The van der Waals surface area contributed by atoms with E-state index in [1.54, 1.807) is 26.0 Å². The topological polar surface area (TPSA) is 95.5 Å². The molecule has 0 aromatic carbocycles. The Balaban J connectivity index is 2.65. The number of carboxylic acids is 1.